The average molecular weight is 561 g/mol. The summed E-state index contributed by atoms with van der Waals surface area (Å²) in [5, 5.41) is 4.71. The highest BCUT2D eigenvalue weighted by atomic mass is 35.5. The Morgan fingerprint density at radius 1 is 1.13 bits per heavy atom. The number of hydrogen-bond donors (Lipinski definition) is 2. The fourth-order valence-electron chi connectivity index (χ4n) is 4.91. The van der Waals surface area contributed by atoms with Crippen LogP contribution in [0.3, 0.4) is 0 Å². The van der Waals surface area contributed by atoms with Gasteiger partial charge in [-0.15, -0.1) is 0 Å². The number of hydrogen-bond acceptors (Lipinski definition) is 5. The van der Waals surface area contributed by atoms with Crippen LogP contribution in [-0.2, 0) is 4.79 Å². The van der Waals surface area contributed by atoms with Crippen molar-refractivity contribution in [3.8, 4) is 5.75 Å². The van der Waals surface area contributed by atoms with Crippen molar-refractivity contribution in [2.45, 2.75) is 69.4 Å². The number of amides is 2. The molecule has 7 nitrogen and oxygen atoms in total. The maximum absolute atomic E-state index is 14.9. The lowest BCUT2D eigenvalue weighted by Crippen LogP contribution is -2.55. The van der Waals surface area contributed by atoms with Crippen molar-refractivity contribution in [2.75, 3.05) is 11.4 Å². The van der Waals surface area contributed by atoms with Gasteiger partial charge in [-0.25, -0.2) is 13.8 Å². The molecule has 206 valence electrons. The van der Waals surface area contributed by atoms with Gasteiger partial charge in [-0.2, -0.15) is 13.2 Å². The van der Waals surface area contributed by atoms with E-state index in [1.807, 2.05) is 4.90 Å². The summed E-state index contributed by atoms with van der Waals surface area (Å²) >= 11 is 6.02. The summed E-state index contributed by atoms with van der Waals surface area (Å²) in [6, 6.07) is 3.99. The first kappa shape index (κ1) is 27.9. The molecule has 3 heterocycles. The predicted molar refractivity (Wildman–Crippen MR) is 129 cm³/mol. The molecule has 2 aliphatic heterocycles. The van der Waals surface area contributed by atoms with Crippen molar-refractivity contribution in [1.82, 2.24) is 15.6 Å². The van der Waals surface area contributed by atoms with Crippen LogP contribution in [0, 0.1) is 11.6 Å². The molecule has 1 aromatic carbocycles. The molecule has 2 fully saturated rings. The fourth-order valence-corrected chi connectivity index (χ4v) is 5.11. The Labute approximate surface area is 220 Å². The van der Waals surface area contributed by atoms with Gasteiger partial charge in [-0.05, 0) is 63.8 Å². The zero-order chi connectivity index (χ0) is 27.8. The monoisotopic (exact) mass is 560 g/mol. The fraction of sp³-hybridized carbons (Fsp3) is 0.480. The van der Waals surface area contributed by atoms with E-state index < -0.39 is 41.8 Å². The van der Waals surface area contributed by atoms with E-state index >= 15 is 0 Å². The van der Waals surface area contributed by atoms with Crippen LogP contribution in [0.15, 0.2) is 30.5 Å². The number of rotatable bonds is 7. The zero-order valence-electron chi connectivity index (χ0n) is 20.5. The van der Waals surface area contributed by atoms with Crippen molar-refractivity contribution in [1.29, 1.82) is 0 Å². The van der Waals surface area contributed by atoms with Gasteiger partial charge in [-0.1, -0.05) is 11.6 Å². The topological polar surface area (TPSA) is 83.6 Å². The molecule has 2 bridgehead atoms. The zero-order valence-corrected chi connectivity index (χ0v) is 21.3. The van der Waals surface area contributed by atoms with Crippen LogP contribution in [0.1, 0.15) is 49.9 Å². The van der Waals surface area contributed by atoms with E-state index in [1.165, 1.54) is 12.1 Å². The van der Waals surface area contributed by atoms with Crippen LogP contribution in [0.25, 0.3) is 0 Å². The maximum atomic E-state index is 14.9. The highest BCUT2D eigenvalue weighted by Crippen LogP contribution is 2.40. The van der Waals surface area contributed by atoms with E-state index in [2.05, 4.69) is 10.3 Å². The third kappa shape index (κ3) is 6.28. The molecule has 2 aromatic rings. The summed E-state index contributed by atoms with van der Waals surface area (Å²) in [6.07, 6.45) is -1.06. The molecule has 4 rings (SSSR count). The molecule has 2 amide bonds. The van der Waals surface area contributed by atoms with Crippen molar-refractivity contribution >= 4 is 29.2 Å². The minimum absolute atomic E-state index is 0.0178. The molecule has 2 aliphatic rings. The Balaban J connectivity index is 1.39. The van der Waals surface area contributed by atoms with Crippen molar-refractivity contribution in [2.24, 2.45) is 0 Å². The number of carbonyl (C=O) groups excluding carboxylic acids is 2. The number of benzene rings is 1. The minimum Gasteiger partial charge on any atom is -0.476 e. The maximum Gasteiger partial charge on any atom is 0.405 e. The first-order valence-corrected chi connectivity index (χ1v) is 12.3. The second-order valence-corrected chi connectivity index (χ2v) is 10.4. The second-order valence-electron chi connectivity index (χ2n) is 9.95. The summed E-state index contributed by atoms with van der Waals surface area (Å²) in [4.78, 5) is 30.8. The minimum atomic E-state index is -4.59. The molecule has 13 heteroatoms. The van der Waals surface area contributed by atoms with Crippen LogP contribution in [0.5, 0.6) is 5.75 Å². The van der Waals surface area contributed by atoms with Gasteiger partial charge >= 0.3 is 6.18 Å². The van der Waals surface area contributed by atoms with Gasteiger partial charge in [0.2, 0.25) is 0 Å². The molecule has 0 radical (unpaired) electrons. The lowest BCUT2D eigenvalue weighted by Gasteiger charge is -2.41. The van der Waals surface area contributed by atoms with Gasteiger partial charge in [0, 0.05) is 24.3 Å². The van der Waals surface area contributed by atoms with Gasteiger partial charge in [0.25, 0.3) is 11.8 Å². The highest BCUT2D eigenvalue weighted by Gasteiger charge is 2.44. The van der Waals surface area contributed by atoms with E-state index in [9.17, 15) is 31.5 Å². The third-order valence-electron chi connectivity index (χ3n) is 6.65. The number of halogens is 6. The van der Waals surface area contributed by atoms with Crippen LogP contribution < -0.4 is 20.3 Å². The quantitative estimate of drug-likeness (QED) is 0.476. The second kappa shape index (κ2) is 10.5. The van der Waals surface area contributed by atoms with E-state index in [0.29, 0.717) is 12.8 Å². The van der Waals surface area contributed by atoms with Crippen molar-refractivity contribution in [3.63, 3.8) is 0 Å². The number of pyridine rings is 1. The molecule has 2 saturated heterocycles. The van der Waals surface area contributed by atoms with Gasteiger partial charge in [0.15, 0.2) is 17.2 Å². The number of alkyl halides is 3. The van der Waals surface area contributed by atoms with Crippen molar-refractivity contribution < 1.29 is 36.3 Å². The molecular weight excluding hydrogens is 535 g/mol. The number of piperidine rings is 1. The lowest BCUT2D eigenvalue weighted by molar-refractivity contribution is -0.135. The Hall–Kier alpha value is -3.15. The molecule has 1 aromatic heterocycles. The van der Waals surface area contributed by atoms with E-state index in [0.717, 1.165) is 31.2 Å². The van der Waals surface area contributed by atoms with Crippen LogP contribution in [-0.4, -0.2) is 53.2 Å². The summed E-state index contributed by atoms with van der Waals surface area (Å²) in [6.45, 7) is 1.60. The Morgan fingerprint density at radius 2 is 1.79 bits per heavy atom. The SMILES string of the molecule is CC(C)(Oc1ccc(F)cc1Cl)C(=O)N[C@H]1C[C@H]2CC[C@@H](C1)N2c1ncc(C(=O)NCC(F)(F)F)cc1F. The predicted octanol–water partition coefficient (Wildman–Crippen LogP) is 4.78. The largest absolute Gasteiger partial charge is 0.476 e. The summed E-state index contributed by atoms with van der Waals surface area (Å²) < 4.78 is 71.1. The number of fused-ring (bicyclic) bond motifs is 2. The number of nitrogens with zero attached hydrogens (tertiary/aromatic N) is 2. The first-order chi connectivity index (χ1) is 17.7. The summed E-state index contributed by atoms with van der Waals surface area (Å²) in [7, 11) is 0. The van der Waals surface area contributed by atoms with Gasteiger partial charge in [-0.3, -0.25) is 9.59 Å². The average Bonchev–Trinajstić information content (AvgIpc) is 3.08. The van der Waals surface area contributed by atoms with E-state index in [4.69, 9.17) is 16.3 Å². The number of anilines is 1. The van der Waals surface area contributed by atoms with Gasteiger partial charge < -0.3 is 20.3 Å². The molecule has 38 heavy (non-hydrogen) atoms. The Kier molecular flexibility index (Phi) is 7.74. The van der Waals surface area contributed by atoms with Crippen LogP contribution in [0.2, 0.25) is 5.02 Å². The summed E-state index contributed by atoms with van der Waals surface area (Å²) in [5.74, 6) is -2.62. The third-order valence-corrected chi connectivity index (χ3v) is 6.95. The molecule has 0 spiro atoms. The standard InChI is InChI=1S/C25H26ClF5N4O3/c1-24(2,38-20-6-3-14(27)8-18(20)26)23(37)34-15-9-16-4-5-17(10-15)35(16)21-19(28)7-13(11-32-21)22(36)33-12-25(29,30)31/h3,6-8,11,15-17H,4-5,9-10,12H2,1-2H3,(H,33,36)(H,34,37)/t15-,16+,17-. The molecule has 0 aliphatic carbocycles. The first-order valence-electron chi connectivity index (χ1n) is 12.0. The molecule has 0 saturated carbocycles. The van der Waals surface area contributed by atoms with E-state index in [1.54, 1.807) is 19.2 Å². The van der Waals surface area contributed by atoms with Crippen LogP contribution >= 0.6 is 11.6 Å². The van der Waals surface area contributed by atoms with E-state index in [-0.39, 0.29) is 40.3 Å². The molecule has 3 atom stereocenters. The lowest BCUT2D eigenvalue weighted by atomic mass is 9.96. The highest BCUT2D eigenvalue weighted by molar-refractivity contribution is 6.32. The Morgan fingerprint density at radius 3 is 2.37 bits per heavy atom. The molecule has 2 N–H and O–H groups in total. The Bertz CT molecular complexity index is 1210. The normalized spacial score (nSPS) is 21.3. The number of carbonyl (C=O) groups is 2. The molecule has 0 unspecified atom stereocenters. The van der Waals surface area contributed by atoms with Gasteiger partial charge in [0.1, 0.15) is 18.1 Å². The number of aromatic nitrogens is 1. The summed E-state index contributed by atoms with van der Waals surface area (Å²) in [5.41, 5.74) is -1.62. The smallest absolute Gasteiger partial charge is 0.405 e. The van der Waals surface area contributed by atoms with Gasteiger partial charge in [0.05, 0.1) is 10.6 Å². The van der Waals surface area contributed by atoms with Crippen molar-refractivity contribution in [3.05, 3.63) is 52.7 Å². The van der Waals surface area contributed by atoms with Crippen LogP contribution in [0.4, 0.5) is 27.8 Å². The molecular formula is C25H26ClF5N4O3. The number of nitrogens with one attached hydrogen (secondary N) is 2. The number of ether oxygens (including phenoxy) is 1.